The predicted octanol–water partition coefficient (Wildman–Crippen LogP) is 2.85. The predicted molar refractivity (Wildman–Crippen MR) is 130 cm³/mol. The van der Waals surface area contributed by atoms with E-state index in [0.717, 1.165) is 17.0 Å². The monoisotopic (exact) mass is 527 g/mol. The maximum absolute atomic E-state index is 14.3. The Balaban J connectivity index is 1.42. The van der Waals surface area contributed by atoms with Crippen LogP contribution in [0.4, 0.5) is 8.78 Å². The van der Waals surface area contributed by atoms with Crippen LogP contribution in [-0.2, 0) is 6.54 Å². The number of halogens is 2. The fourth-order valence-corrected chi connectivity index (χ4v) is 5.64. The number of aromatic hydroxyl groups is 1. The van der Waals surface area contributed by atoms with Crippen molar-refractivity contribution < 1.29 is 23.5 Å². The lowest BCUT2D eigenvalue weighted by Gasteiger charge is -2.33. The summed E-state index contributed by atoms with van der Waals surface area (Å²) in [5.41, 5.74) is -1.85. The van der Waals surface area contributed by atoms with Gasteiger partial charge in [0.25, 0.3) is 11.8 Å². The van der Waals surface area contributed by atoms with Crippen molar-refractivity contribution in [3.8, 4) is 5.75 Å². The number of benzene rings is 1. The number of aromatic nitrogens is 3. The summed E-state index contributed by atoms with van der Waals surface area (Å²) in [6.45, 7) is 1.14. The third-order valence-electron chi connectivity index (χ3n) is 6.54. The van der Waals surface area contributed by atoms with Gasteiger partial charge in [-0.05, 0) is 37.1 Å². The van der Waals surface area contributed by atoms with Crippen LogP contribution in [0.3, 0.4) is 0 Å². The van der Waals surface area contributed by atoms with Gasteiger partial charge in [0.05, 0.1) is 6.04 Å². The van der Waals surface area contributed by atoms with Crippen molar-refractivity contribution in [3.05, 3.63) is 81.8 Å². The zero-order valence-electron chi connectivity index (χ0n) is 19.6. The Labute approximate surface area is 214 Å². The van der Waals surface area contributed by atoms with Gasteiger partial charge in [-0.25, -0.2) is 8.78 Å². The Morgan fingerprint density at radius 1 is 1.08 bits per heavy atom. The number of carbonyl (C=O) groups excluding carboxylic acids is 2. The van der Waals surface area contributed by atoms with Crippen LogP contribution in [0.2, 0.25) is 0 Å². The minimum absolute atomic E-state index is 0.125. The molecule has 0 radical (unpaired) electrons. The lowest BCUT2D eigenvalue weighted by molar-refractivity contribution is 0.0687. The second-order valence-corrected chi connectivity index (χ2v) is 9.87. The van der Waals surface area contributed by atoms with E-state index in [-0.39, 0.29) is 24.6 Å². The molecule has 2 aliphatic rings. The van der Waals surface area contributed by atoms with Crippen molar-refractivity contribution in [2.45, 2.75) is 30.3 Å². The third-order valence-corrected chi connectivity index (χ3v) is 7.53. The van der Waals surface area contributed by atoms with E-state index in [4.69, 9.17) is 0 Å². The molecule has 1 aromatic carbocycles. The molecular formula is C25H23F2N5O4S. The summed E-state index contributed by atoms with van der Waals surface area (Å²) in [6.07, 6.45) is 4.27. The van der Waals surface area contributed by atoms with Crippen molar-refractivity contribution in [3.63, 3.8) is 0 Å². The molecule has 1 N–H and O–H groups in total. The summed E-state index contributed by atoms with van der Waals surface area (Å²) in [5, 5.41) is 10.5. The van der Waals surface area contributed by atoms with Gasteiger partial charge in [-0.15, -0.1) is 11.8 Å². The molecule has 192 valence electrons. The van der Waals surface area contributed by atoms with Gasteiger partial charge in [-0.2, -0.15) is 4.98 Å². The van der Waals surface area contributed by atoms with Gasteiger partial charge in [-0.3, -0.25) is 19.4 Å². The molecule has 37 heavy (non-hydrogen) atoms. The molecule has 1 saturated heterocycles. The topological polar surface area (TPSA) is 109 Å². The first-order chi connectivity index (χ1) is 17.9. The standard InChI is InChI=1S/C25H23F2N5O4S/c26-16-3-1-4-17(27)19(16)24(35)31-10-2-5-18(31)22-29-23(34)21(33)20-25(36)30(11-12-32(20)22)13-14-37-15-6-8-28-9-7-15/h1,3-4,6-9,18,33H,2,5,10-14H2/t18-/m0/s1. The SMILES string of the molecule is O=C1c2c(O)c(=O)nc([C@@H]3CCCN3C(=O)c3c(F)cccc3F)n2CCN1CCSc1ccncc1. The van der Waals surface area contributed by atoms with E-state index in [1.54, 1.807) is 29.1 Å². The van der Waals surface area contributed by atoms with Crippen LogP contribution in [0.15, 0.2) is 52.4 Å². The molecule has 2 aromatic heterocycles. The van der Waals surface area contributed by atoms with Crippen molar-refractivity contribution >= 4 is 23.6 Å². The van der Waals surface area contributed by atoms with E-state index < -0.39 is 46.4 Å². The number of amides is 2. The van der Waals surface area contributed by atoms with Gasteiger partial charge >= 0.3 is 5.56 Å². The smallest absolute Gasteiger partial charge is 0.315 e. The molecule has 2 amide bonds. The van der Waals surface area contributed by atoms with Gasteiger partial charge in [0.1, 0.15) is 23.0 Å². The van der Waals surface area contributed by atoms with Gasteiger partial charge in [0, 0.05) is 49.2 Å². The van der Waals surface area contributed by atoms with Gasteiger partial charge in [0.15, 0.2) is 5.69 Å². The quantitative estimate of drug-likeness (QED) is 0.491. The molecule has 3 aromatic rings. The van der Waals surface area contributed by atoms with E-state index in [0.29, 0.717) is 31.7 Å². The number of hydrogen-bond donors (Lipinski definition) is 1. The number of rotatable bonds is 6. The normalized spacial score (nSPS) is 17.2. The molecule has 1 atom stereocenters. The molecule has 1 fully saturated rings. The minimum Gasteiger partial charge on any atom is -0.501 e. The summed E-state index contributed by atoms with van der Waals surface area (Å²) in [6, 6.07) is 6.14. The van der Waals surface area contributed by atoms with Gasteiger partial charge < -0.3 is 19.5 Å². The van der Waals surface area contributed by atoms with Gasteiger partial charge in [-0.1, -0.05) is 6.07 Å². The first-order valence-corrected chi connectivity index (χ1v) is 12.8. The van der Waals surface area contributed by atoms with E-state index >= 15 is 0 Å². The number of fused-ring (bicyclic) bond motifs is 1. The summed E-state index contributed by atoms with van der Waals surface area (Å²) in [4.78, 5) is 50.8. The maximum atomic E-state index is 14.3. The maximum Gasteiger partial charge on any atom is 0.315 e. The average molecular weight is 528 g/mol. The molecule has 0 spiro atoms. The van der Waals surface area contributed by atoms with Crippen molar-refractivity contribution in [1.82, 2.24) is 24.3 Å². The van der Waals surface area contributed by atoms with Crippen LogP contribution >= 0.6 is 11.8 Å². The number of hydrogen-bond acceptors (Lipinski definition) is 7. The molecule has 9 nitrogen and oxygen atoms in total. The van der Waals surface area contributed by atoms with Crippen LogP contribution in [0.1, 0.15) is 45.6 Å². The molecule has 0 saturated carbocycles. The number of thioether (sulfide) groups is 1. The largest absolute Gasteiger partial charge is 0.501 e. The summed E-state index contributed by atoms with van der Waals surface area (Å²) < 4.78 is 30.1. The Morgan fingerprint density at radius 3 is 2.54 bits per heavy atom. The molecule has 4 heterocycles. The van der Waals surface area contributed by atoms with Gasteiger partial charge in [0.2, 0.25) is 5.75 Å². The second-order valence-electron chi connectivity index (χ2n) is 8.70. The first kappa shape index (κ1) is 24.9. The van der Waals surface area contributed by atoms with Crippen LogP contribution in [0, 0.1) is 11.6 Å². The Hall–Kier alpha value is -3.80. The average Bonchev–Trinajstić information content (AvgIpc) is 3.37. The van der Waals surface area contributed by atoms with E-state index in [1.807, 2.05) is 12.1 Å². The third kappa shape index (κ3) is 4.68. The highest BCUT2D eigenvalue weighted by molar-refractivity contribution is 7.99. The molecule has 0 unspecified atom stereocenters. The fraction of sp³-hybridized carbons (Fsp3) is 0.320. The molecule has 0 aliphatic carbocycles. The van der Waals surface area contributed by atoms with E-state index in [1.165, 1.54) is 15.5 Å². The number of pyridine rings is 1. The second kappa shape index (κ2) is 10.3. The highest BCUT2D eigenvalue weighted by Crippen LogP contribution is 2.35. The Morgan fingerprint density at radius 2 is 1.81 bits per heavy atom. The summed E-state index contributed by atoms with van der Waals surface area (Å²) in [7, 11) is 0. The number of carbonyl (C=O) groups is 2. The van der Waals surface area contributed by atoms with E-state index in [9.17, 15) is 28.3 Å². The Kier molecular flexibility index (Phi) is 6.92. The zero-order chi connectivity index (χ0) is 26.1. The summed E-state index contributed by atoms with van der Waals surface area (Å²) in [5.74, 6) is -3.37. The molecular weight excluding hydrogens is 504 g/mol. The zero-order valence-corrected chi connectivity index (χ0v) is 20.5. The van der Waals surface area contributed by atoms with Crippen LogP contribution in [0.5, 0.6) is 5.75 Å². The highest BCUT2D eigenvalue weighted by atomic mass is 32.2. The van der Waals surface area contributed by atoms with Crippen LogP contribution in [-0.4, -0.2) is 66.6 Å². The first-order valence-electron chi connectivity index (χ1n) is 11.8. The minimum atomic E-state index is -0.987. The molecule has 12 heteroatoms. The lowest BCUT2D eigenvalue weighted by Crippen LogP contribution is -2.45. The van der Waals surface area contributed by atoms with Crippen molar-refractivity contribution in [2.24, 2.45) is 0 Å². The Bertz CT molecular complexity index is 1400. The fourth-order valence-electron chi connectivity index (χ4n) is 4.78. The van der Waals surface area contributed by atoms with Crippen molar-refractivity contribution in [2.75, 3.05) is 25.4 Å². The number of likely N-dealkylation sites (tertiary alicyclic amines) is 1. The lowest BCUT2D eigenvalue weighted by atomic mass is 10.1. The molecule has 2 aliphatic heterocycles. The number of nitrogens with zero attached hydrogens (tertiary/aromatic N) is 5. The van der Waals surface area contributed by atoms with Crippen LogP contribution in [0.25, 0.3) is 0 Å². The van der Waals surface area contributed by atoms with Crippen LogP contribution < -0.4 is 5.56 Å². The highest BCUT2D eigenvalue weighted by Gasteiger charge is 2.39. The summed E-state index contributed by atoms with van der Waals surface area (Å²) >= 11 is 1.55. The van der Waals surface area contributed by atoms with E-state index in [2.05, 4.69) is 9.97 Å². The molecule has 0 bridgehead atoms. The van der Waals surface area contributed by atoms with Crippen molar-refractivity contribution in [1.29, 1.82) is 0 Å². The molecule has 5 rings (SSSR count).